The number of aliphatic imine (C=N–C) groups is 1. The number of amidine groups is 1. The molecule has 3 rings (SSSR count). The van der Waals surface area contributed by atoms with Crippen LogP contribution in [0, 0.1) is 5.82 Å². The number of likely N-dealkylation sites (tertiary alicyclic amines) is 1. The second kappa shape index (κ2) is 9.15. The maximum Gasteiger partial charge on any atom is 0.123 e. The highest BCUT2D eigenvalue weighted by molar-refractivity contribution is 5.91. The van der Waals surface area contributed by atoms with Crippen molar-refractivity contribution in [2.75, 3.05) is 18.4 Å². The minimum atomic E-state index is -0.251. The number of hydrogen-bond donors (Lipinski definition) is 2. The summed E-state index contributed by atoms with van der Waals surface area (Å²) in [6.07, 6.45) is 5.52. The van der Waals surface area contributed by atoms with Gasteiger partial charge in [-0.3, -0.25) is 9.89 Å². The second-order valence-electron chi connectivity index (χ2n) is 6.53. The van der Waals surface area contributed by atoms with Crippen molar-refractivity contribution in [1.29, 1.82) is 0 Å². The van der Waals surface area contributed by atoms with E-state index in [9.17, 15) is 4.39 Å². The van der Waals surface area contributed by atoms with Crippen LogP contribution in [-0.2, 0) is 6.54 Å². The van der Waals surface area contributed by atoms with E-state index in [1.165, 1.54) is 17.7 Å². The predicted molar refractivity (Wildman–Crippen MR) is 106 cm³/mol. The monoisotopic (exact) mass is 352 g/mol. The van der Waals surface area contributed by atoms with Gasteiger partial charge < -0.3 is 11.1 Å². The van der Waals surface area contributed by atoms with Gasteiger partial charge >= 0.3 is 0 Å². The fourth-order valence-electron chi connectivity index (χ4n) is 3.07. The highest BCUT2D eigenvalue weighted by Crippen LogP contribution is 2.16. The number of halogens is 1. The molecule has 0 radical (unpaired) electrons. The zero-order chi connectivity index (χ0) is 18.2. The summed E-state index contributed by atoms with van der Waals surface area (Å²) in [5, 5.41) is 3.06. The van der Waals surface area contributed by atoms with Gasteiger partial charge in [0.1, 0.15) is 11.7 Å². The van der Waals surface area contributed by atoms with Crippen molar-refractivity contribution in [3.05, 3.63) is 78.3 Å². The lowest BCUT2D eigenvalue weighted by atomic mass is 10.0. The molecular weight excluding hydrogens is 327 g/mol. The molecule has 2 aromatic carbocycles. The molecule has 26 heavy (non-hydrogen) atoms. The molecule has 0 atom stereocenters. The SMILES string of the molecule is NC(/C=C\Nc1ccc(F)cc1)=NC1CCN(Cc2ccccc2)CC1. The van der Waals surface area contributed by atoms with E-state index < -0.39 is 0 Å². The van der Waals surface area contributed by atoms with Crippen LogP contribution in [0.1, 0.15) is 18.4 Å². The van der Waals surface area contributed by atoms with Gasteiger partial charge in [0.15, 0.2) is 0 Å². The largest absolute Gasteiger partial charge is 0.384 e. The lowest BCUT2D eigenvalue weighted by molar-refractivity contribution is 0.206. The lowest BCUT2D eigenvalue weighted by Crippen LogP contribution is -2.35. The molecule has 0 unspecified atom stereocenters. The van der Waals surface area contributed by atoms with Gasteiger partial charge in [-0.05, 0) is 48.7 Å². The predicted octanol–water partition coefficient (Wildman–Crippen LogP) is 3.77. The summed E-state index contributed by atoms with van der Waals surface area (Å²) in [4.78, 5) is 7.07. The molecule has 1 heterocycles. The normalized spacial score (nSPS) is 16.9. The maximum atomic E-state index is 12.9. The maximum absolute atomic E-state index is 12.9. The molecule has 0 amide bonds. The molecule has 0 spiro atoms. The highest BCUT2D eigenvalue weighted by atomic mass is 19.1. The molecule has 0 bridgehead atoms. The Balaban J connectivity index is 1.43. The van der Waals surface area contributed by atoms with E-state index in [0.29, 0.717) is 5.84 Å². The molecule has 1 saturated heterocycles. The Labute approximate surface area is 154 Å². The van der Waals surface area contributed by atoms with Crippen LogP contribution >= 0.6 is 0 Å². The van der Waals surface area contributed by atoms with Gasteiger partial charge in [0, 0.05) is 31.5 Å². The van der Waals surface area contributed by atoms with Crippen molar-refractivity contribution in [1.82, 2.24) is 4.90 Å². The molecule has 4 nitrogen and oxygen atoms in total. The summed E-state index contributed by atoms with van der Waals surface area (Å²) in [5.41, 5.74) is 8.16. The van der Waals surface area contributed by atoms with Crippen molar-refractivity contribution < 1.29 is 4.39 Å². The first-order chi connectivity index (χ1) is 12.7. The van der Waals surface area contributed by atoms with Crippen LogP contribution in [0.25, 0.3) is 0 Å². The Bertz CT molecular complexity index is 732. The van der Waals surface area contributed by atoms with Crippen LogP contribution in [0.2, 0.25) is 0 Å². The average Bonchev–Trinajstić information content (AvgIpc) is 2.66. The van der Waals surface area contributed by atoms with E-state index in [1.807, 2.05) is 6.07 Å². The molecule has 0 saturated carbocycles. The van der Waals surface area contributed by atoms with E-state index in [4.69, 9.17) is 5.73 Å². The fraction of sp³-hybridized carbons (Fsp3) is 0.286. The Morgan fingerprint density at radius 3 is 2.50 bits per heavy atom. The second-order valence-corrected chi connectivity index (χ2v) is 6.53. The van der Waals surface area contributed by atoms with Crippen molar-refractivity contribution in [3.63, 3.8) is 0 Å². The molecule has 0 aromatic heterocycles. The summed E-state index contributed by atoms with van der Waals surface area (Å²) >= 11 is 0. The van der Waals surface area contributed by atoms with Gasteiger partial charge in [0.25, 0.3) is 0 Å². The number of nitrogens with one attached hydrogen (secondary N) is 1. The minimum Gasteiger partial charge on any atom is -0.384 e. The summed E-state index contributed by atoms with van der Waals surface area (Å²) < 4.78 is 12.9. The van der Waals surface area contributed by atoms with Gasteiger partial charge in [0.05, 0.1) is 6.04 Å². The van der Waals surface area contributed by atoms with Crippen LogP contribution in [0.3, 0.4) is 0 Å². The number of nitrogens with two attached hydrogens (primary N) is 1. The summed E-state index contributed by atoms with van der Waals surface area (Å²) in [7, 11) is 0. The van der Waals surface area contributed by atoms with Gasteiger partial charge in [-0.25, -0.2) is 4.39 Å². The molecule has 136 valence electrons. The molecule has 1 fully saturated rings. The number of rotatable bonds is 6. The molecule has 1 aliphatic heterocycles. The Kier molecular flexibility index (Phi) is 6.39. The lowest BCUT2D eigenvalue weighted by Gasteiger charge is -2.30. The number of hydrogen-bond acceptors (Lipinski definition) is 3. The summed E-state index contributed by atoms with van der Waals surface area (Å²) in [6, 6.07) is 17.0. The van der Waals surface area contributed by atoms with Gasteiger partial charge in [-0.15, -0.1) is 0 Å². The van der Waals surface area contributed by atoms with Crippen molar-refractivity contribution in [2.24, 2.45) is 10.7 Å². The Morgan fingerprint density at radius 2 is 1.81 bits per heavy atom. The van der Waals surface area contributed by atoms with Gasteiger partial charge in [0.2, 0.25) is 0 Å². The quantitative estimate of drug-likeness (QED) is 0.615. The third-order valence-corrected chi connectivity index (χ3v) is 4.49. The Hall–Kier alpha value is -2.66. The molecular formula is C21H25FN4. The first kappa shape index (κ1) is 18.1. The minimum absolute atomic E-state index is 0.251. The zero-order valence-corrected chi connectivity index (χ0v) is 14.8. The average molecular weight is 352 g/mol. The van der Waals surface area contributed by atoms with E-state index >= 15 is 0 Å². The summed E-state index contributed by atoms with van der Waals surface area (Å²) in [5.74, 6) is 0.264. The van der Waals surface area contributed by atoms with Crippen LogP contribution < -0.4 is 11.1 Å². The van der Waals surface area contributed by atoms with Crippen molar-refractivity contribution in [2.45, 2.75) is 25.4 Å². The van der Waals surface area contributed by atoms with Crippen molar-refractivity contribution in [3.8, 4) is 0 Å². The number of anilines is 1. The third-order valence-electron chi connectivity index (χ3n) is 4.49. The number of nitrogens with zero attached hydrogens (tertiary/aromatic N) is 2. The molecule has 0 aliphatic carbocycles. The van der Waals surface area contributed by atoms with Gasteiger partial charge in [-0.1, -0.05) is 30.3 Å². The van der Waals surface area contributed by atoms with E-state index in [1.54, 1.807) is 24.4 Å². The van der Waals surface area contributed by atoms with Crippen molar-refractivity contribution >= 4 is 11.5 Å². The van der Waals surface area contributed by atoms with Crippen LogP contribution in [0.15, 0.2) is 71.9 Å². The fourth-order valence-corrected chi connectivity index (χ4v) is 3.07. The molecule has 5 heteroatoms. The highest BCUT2D eigenvalue weighted by Gasteiger charge is 2.18. The van der Waals surface area contributed by atoms with E-state index in [2.05, 4.69) is 39.5 Å². The molecule has 3 N–H and O–H groups in total. The topological polar surface area (TPSA) is 53.6 Å². The smallest absolute Gasteiger partial charge is 0.123 e. The van der Waals surface area contributed by atoms with Gasteiger partial charge in [-0.2, -0.15) is 0 Å². The first-order valence-corrected chi connectivity index (χ1v) is 8.97. The number of piperidine rings is 1. The zero-order valence-electron chi connectivity index (χ0n) is 14.8. The molecule has 1 aliphatic rings. The van der Waals surface area contributed by atoms with E-state index in [0.717, 1.165) is 38.2 Å². The first-order valence-electron chi connectivity index (χ1n) is 8.97. The standard InChI is InChI=1S/C21H25FN4/c22-18-6-8-19(9-7-18)24-13-10-21(23)25-20-11-14-26(15-12-20)16-17-4-2-1-3-5-17/h1-10,13,20,24H,11-12,14-16H2,(H2,23,25)/b13-10-. The number of benzene rings is 2. The summed E-state index contributed by atoms with van der Waals surface area (Å²) in [6.45, 7) is 3.07. The third kappa shape index (κ3) is 5.70. The van der Waals surface area contributed by atoms with Crippen LogP contribution in [-0.4, -0.2) is 29.9 Å². The van der Waals surface area contributed by atoms with E-state index in [-0.39, 0.29) is 11.9 Å². The molecule has 2 aromatic rings. The Morgan fingerprint density at radius 1 is 1.12 bits per heavy atom. The van der Waals surface area contributed by atoms with Crippen LogP contribution in [0.4, 0.5) is 10.1 Å². The van der Waals surface area contributed by atoms with Crippen LogP contribution in [0.5, 0.6) is 0 Å².